The molecule has 2 rings (SSSR count). The largest absolute Gasteiger partial charge is 0.495 e. The Morgan fingerprint density at radius 1 is 1.18 bits per heavy atom. The van der Waals surface area contributed by atoms with Crippen molar-refractivity contribution in [3.8, 4) is 5.75 Å². The predicted molar refractivity (Wildman–Crippen MR) is 72.1 cm³/mol. The van der Waals surface area contributed by atoms with E-state index in [4.69, 9.17) is 4.74 Å². The van der Waals surface area contributed by atoms with Crippen molar-refractivity contribution in [3.05, 3.63) is 23.8 Å². The summed E-state index contributed by atoms with van der Waals surface area (Å²) in [4.78, 5) is 4.80. The average molecular weight is 234 g/mol. The number of methoxy groups -OCH3 is 1. The van der Waals surface area contributed by atoms with Crippen LogP contribution in [-0.2, 0) is 6.42 Å². The van der Waals surface area contributed by atoms with E-state index < -0.39 is 0 Å². The normalized spacial score (nSPS) is 17.2. The summed E-state index contributed by atoms with van der Waals surface area (Å²) in [5, 5.41) is 0. The van der Waals surface area contributed by atoms with Gasteiger partial charge in [-0.2, -0.15) is 0 Å². The molecule has 1 saturated heterocycles. The summed E-state index contributed by atoms with van der Waals surface area (Å²) in [6.07, 6.45) is 1.07. The lowest BCUT2D eigenvalue weighted by atomic mass is 10.1. The number of benzene rings is 1. The maximum absolute atomic E-state index is 5.47. The Kier molecular flexibility index (Phi) is 3.89. The first-order chi connectivity index (χ1) is 8.24. The van der Waals surface area contributed by atoms with Crippen molar-refractivity contribution in [1.29, 1.82) is 0 Å². The highest BCUT2D eigenvalue weighted by atomic mass is 16.5. The van der Waals surface area contributed by atoms with Gasteiger partial charge in [-0.1, -0.05) is 13.0 Å². The van der Waals surface area contributed by atoms with E-state index in [1.807, 2.05) is 0 Å². The van der Waals surface area contributed by atoms with Crippen LogP contribution in [0, 0.1) is 0 Å². The molecule has 94 valence electrons. The third-order valence-corrected chi connectivity index (χ3v) is 3.50. The number of ether oxygens (including phenoxy) is 1. The minimum absolute atomic E-state index is 0.992. The van der Waals surface area contributed by atoms with Crippen molar-refractivity contribution >= 4 is 5.69 Å². The summed E-state index contributed by atoms with van der Waals surface area (Å²) in [6.45, 7) is 6.61. The molecule has 0 aromatic heterocycles. The van der Waals surface area contributed by atoms with Gasteiger partial charge in [-0.05, 0) is 31.2 Å². The maximum atomic E-state index is 5.47. The third kappa shape index (κ3) is 2.72. The summed E-state index contributed by atoms with van der Waals surface area (Å²) >= 11 is 0. The quantitative estimate of drug-likeness (QED) is 0.795. The Balaban J connectivity index is 2.23. The topological polar surface area (TPSA) is 15.7 Å². The van der Waals surface area contributed by atoms with Crippen LogP contribution in [0.25, 0.3) is 0 Å². The van der Waals surface area contributed by atoms with Crippen LogP contribution in [0.5, 0.6) is 5.75 Å². The Labute approximate surface area is 104 Å². The molecular weight excluding hydrogens is 212 g/mol. The van der Waals surface area contributed by atoms with E-state index in [9.17, 15) is 0 Å². The molecule has 0 atom stereocenters. The molecule has 0 spiro atoms. The third-order valence-electron chi connectivity index (χ3n) is 3.50. The smallest absolute Gasteiger partial charge is 0.142 e. The van der Waals surface area contributed by atoms with Gasteiger partial charge in [0.05, 0.1) is 12.8 Å². The van der Waals surface area contributed by atoms with Gasteiger partial charge in [-0.15, -0.1) is 0 Å². The van der Waals surface area contributed by atoms with Gasteiger partial charge in [-0.3, -0.25) is 0 Å². The van der Waals surface area contributed by atoms with E-state index >= 15 is 0 Å². The Bertz CT molecular complexity index is 370. The Hall–Kier alpha value is -1.22. The molecule has 1 fully saturated rings. The zero-order valence-corrected chi connectivity index (χ0v) is 11.1. The zero-order valence-electron chi connectivity index (χ0n) is 11.1. The number of likely N-dealkylation sites (N-methyl/N-ethyl adjacent to an activating group) is 1. The number of hydrogen-bond donors (Lipinski definition) is 0. The number of hydrogen-bond acceptors (Lipinski definition) is 3. The fourth-order valence-electron chi connectivity index (χ4n) is 2.25. The van der Waals surface area contributed by atoms with E-state index in [1.165, 1.54) is 11.3 Å². The summed E-state index contributed by atoms with van der Waals surface area (Å²) < 4.78 is 5.47. The number of piperazine rings is 1. The number of anilines is 1. The van der Waals surface area contributed by atoms with Gasteiger partial charge in [0.1, 0.15) is 5.75 Å². The molecule has 1 aliphatic rings. The van der Waals surface area contributed by atoms with Crippen molar-refractivity contribution in [3.63, 3.8) is 0 Å². The van der Waals surface area contributed by atoms with Crippen LogP contribution in [0.1, 0.15) is 12.5 Å². The average Bonchev–Trinajstić information content (AvgIpc) is 2.39. The molecule has 1 heterocycles. The first kappa shape index (κ1) is 12.2. The highest BCUT2D eigenvalue weighted by Gasteiger charge is 2.17. The standard InChI is InChI=1S/C14H22N2O/c1-4-12-5-6-14(17-3)13(11-12)16-9-7-15(2)8-10-16/h5-6,11H,4,7-10H2,1-3H3. The first-order valence-corrected chi connectivity index (χ1v) is 6.35. The molecule has 3 nitrogen and oxygen atoms in total. The van der Waals surface area contributed by atoms with Crippen molar-refractivity contribution in [1.82, 2.24) is 4.90 Å². The Morgan fingerprint density at radius 3 is 2.47 bits per heavy atom. The number of rotatable bonds is 3. The molecule has 1 aliphatic heterocycles. The summed E-state index contributed by atoms with van der Waals surface area (Å²) in [7, 11) is 3.93. The van der Waals surface area contributed by atoms with E-state index in [1.54, 1.807) is 7.11 Å². The van der Waals surface area contributed by atoms with Crippen LogP contribution in [0.4, 0.5) is 5.69 Å². The van der Waals surface area contributed by atoms with Gasteiger partial charge in [0.25, 0.3) is 0 Å². The highest BCUT2D eigenvalue weighted by molar-refractivity contribution is 5.60. The zero-order chi connectivity index (χ0) is 12.3. The van der Waals surface area contributed by atoms with Crippen LogP contribution in [-0.4, -0.2) is 45.2 Å². The molecule has 3 heteroatoms. The minimum atomic E-state index is 0.992. The van der Waals surface area contributed by atoms with E-state index in [2.05, 4.69) is 42.0 Å². The second-order valence-corrected chi connectivity index (χ2v) is 4.65. The summed E-state index contributed by atoms with van der Waals surface area (Å²) in [5.41, 5.74) is 2.62. The van der Waals surface area contributed by atoms with Crippen molar-refractivity contribution in [2.45, 2.75) is 13.3 Å². The summed E-state index contributed by atoms with van der Waals surface area (Å²) in [6, 6.07) is 6.51. The molecule has 1 aromatic carbocycles. The molecule has 0 N–H and O–H groups in total. The van der Waals surface area contributed by atoms with E-state index in [0.29, 0.717) is 0 Å². The number of nitrogens with zero attached hydrogens (tertiary/aromatic N) is 2. The van der Waals surface area contributed by atoms with Crippen LogP contribution < -0.4 is 9.64 Å². The van der Waals surface area contributed by atoms with Gasteiger partial charge in [0, 0.05) is 26.2 Å². The molecule has 17 heavy (non-hydrogen) atoms. The summed E-state index contributed by atoms with van der Waals surface area (Å²) in [5.74, 6) is 0.992. The van der Waals surface area contributed by atoms with Crippen molar-refractivity contribution in [2.24, 2.45) is 0 Å². The van der Waals surface area contributed by atoms with Gasteiger partial charge < -0.3 is 14.5 Å². The fraction of sp³-hybridized carbons (Fsp3) is 0.571. The molecule has 0 saturated carbocycles. The highest BCUT2D eigenvalue weighted by Crippen LogP contribution is 2.30. The number of aryl methyl sites for hydroxylation is 1. The van der Waals surface area contributed by atoms with E-state index in [-0.39, 0.29) is 0 Å². The molecule has 0 aliphatic carbocycles. The first-order valence-electron chi connectivity index (χ1n) is 6.35. The molecule has 1 aromatic rings. The monoisotopic (exact) mass is 234 g/mol. The molecular formula is C14H22N2O. The lowest BCUT2D eigenvalue weighted by molar-refractivity contribution is 0.311. The Morgan fingerprint density at radius 2 is 1.88 bits per heavy atom. The molecule has 0 radical (unpaired) electrons. The van der Waals surface area contributed by atoms with Crippen LogP contribution >= 0.6 is 0 Å². The van der Waals surface area contributed by atoms with Gasteiger partial charge in [0.15, 0.2) is 0 Å². The predicted octanol–water partition coefficient (Wildman–Crippen LogP) is 2.01. The molecule has 0 unspecified atom stereocenters. The fourth-order valence-corrected chi connectivity index (χ4v) is 2.25. The minimum Gasteiger partial charge on any atom is -0.495 e. The van der Waals surface area contributed by atoms with Crippen molar-refractivity contribution < 1.29 is 4.74 Å². The van der Waals surface area contributed by atoms with Crippen LogP contribution in [0.2, 0.25) is 0 Å². The second kappa shape index (κ2) is 5.41. The van der Waals surface area contributed by atoms with Gasteiger partial charge in [-0.25, -0.2) is 0 Å². The SMILES string of the molecule is CCc1ccc(OC)c(N2CCN(C)CC2)c1. The van der Waals surface area contributed by atoms with Crippen LogP contribution in [0.15, 0.2) is 18.2 Å². The van der Waals surface area contributed by atoms with E-state index in [0.717, 1.165) is 38.3 Å². The lowest BCUT2D eigenvalue weighted by Crippen LogP contribution is -2.44. The second-order valence-electron chi connectivity index (χ2n) is 4.65. The lowest BCUT2D eigenvalue weighted by Gasteiger charge is -2.35. The van der Waals surface area contributed by atoms with Crippen molar-refractivity contribution in [2.75, 3.05) is 45.2 Å². The van der Waals surface area contributed by atoms with Gasteiger partial charge >= 0.3 is 0 Å². The van der Waals surface area contributed by atoms with Gasteiger partial charge in [0.2, 0.25) is 0 Å². The molecule has 0 bridgehead atoms. The van der Waals surface area contributed by atoms with Crippen LogP contribution in [0.3, 0.4) is 0 Å². The maximum Gasteiger partial charge on any atom is 0.142 e. The molecule has 0 amide bonds.